The third-order valence-corrected chi connectivity index (χ3v) is 7.20. The van der Waals surface area contributed by atoms with Crippen molar-refractivity contribution < 1.29 is 12.8 Å². The second kappa shape index (κ2) is 9.48. The van der Waals surface area contributed by atoms with Gasteiger partial charge in [0.2, 0.25) is 10.0 Å². The van der Waals surface area contributed by atoms with Crippen molar-refractivity contribution in [1.82, 2.24) is 18.7 Å². The van der Waals surface area contributed by atoms with E-state index in [1.807, 2.05) is 24.5 Å². The molecule has 0 aliphatic rings. The van der Waals surface area contributed by atoms with Crippen molar-refractivity contribution >= 4 is 32.8 Å². The second-order valence-electron chi connectivity index (χ2n) is 7.63. The van der Waals surface area contributed by atoms with Crippen molar-refractivity contribution in [3.05, 3.63) is 70.8 Å². The van der Waals surface area contributed by atoms with E-state index in [0.717, 1.165) is 33.4 Å². The lowest BCUT2D eigenvalue weighted by Crippen LogP contribution is -2.22. The molecule has 2 heterocycles. The van der Waals surface area contributed by atoms with Gasteiger partial charge < -0.3 is 4.57 Å². The van der Waals surface area contributed by atoms with Gasteiger partial charge in [-0.05, 0) is 61.0 Å². The molecule has 0 saturated carbocycles. The topological polar surface area (TPSA) is 67.2 Å². The molecule has 0 fully saturated rings. The maximum atomic E-state index is 14.4. The number of hydrogen-bond donors (Lipinski definition) is 1. The fourth-order valence-electron chi connectivity index (χ4n) is 3.48. The van der Waals surface area contributed by atoms with Gasteiger partial charge in [-0.15, -0.1) is 0 Å². The van der Waals surface area contributed by atoms with Crippen molar-refractivity contribution in [2.24, 2.45) is 0 Å². The van der Waals surface area contributed by atoms with Crippen molar-refractivity contribution in [1.29, 1.82) is 0 Å². The number of aryl methyl sites for hydroxylation is 1. The minimum Gasteiger partial charge on any atom is -0.336 e. The summed E-state index contributed by atoms with van der Waals surface area (Å²) in [4.78, 5) is 7.25. The molecule has 31 heavy (non-hydrogen) atoms. The SMILES string of the molecule is Cc1cnc2c(Cc3ccc(S(=O)(=O)N(C)C)cc3)c(C)n(C/C(F)=C/CNCl)c2c1. The van der Waals surface area contributed by atoms with Gasteiger partial charge in [-0.2, -0.15) is 0 Å². The molecule has 3 aromatic rings. The Kier molecular flexibility index (Phi) is 7.16. The summed E-state index contributed by atoms with van der Waals surface area (Å²) in [5.41, 5.74) is 5.52. The highest BCUT2D eigenvalue weighted by Crippen LogP contribution is 2.28. The average Bonchev–Trinajstić information content (AvgIpc) is 2.97. The smallest absolute Gasteiger partial charge is 0.242 e. The maximum Gasteiger partial charge on any atom is 0.242 e. The van der Waals surface area contributed by atoms with Crippen molar-refractivity contribution in [2.75, 3.05) is 20.6 Å². The second-order valence-corrected chi connectivity index (χ2v) is 10.0. The van der Waals surface area contributed by atoms with E-state index >= 15 is 0 Å². The van der Waals surface area contributed by atoms with Crippen LogP contribution in [0.4, 0.5) is 4.39 Å². The fourth-order valence-corrected chi connectivity index (χ4v) is 4.46. The number of pyridine rings is 1. The number of fused-ring (bicyclic) bond motifs is 1. The fraction of sp³-hybridized carbons (Fsp3) is 0.318. The Morgan fingerprint density at radius 2 is 1.94 bits per heavy atom. The first-order chi connectivity index (χ1) is 14.6. The van der Waals surface area contributed by atoms with E-state index in [0.29, 0.717) is 6.42 Å². The molecule has 9 heteroatoms. The molecule has 0 unspecified atom stereocenters. The van der Waals surface area contributed by atoms with E-state index in [-0.39, 0.29) is 23.8 Å². The zero-order valence-corrected chi connectivity index (χ0v) is 19.6. The van der Waals surface area contributed by atoms with Crippen LogP contribution in [0.1, 0.15) is 22.4 Å². The number of hydrogen-bond acceptors (Lipinski definition) is 4. The number of nitrogens with zero attached hydrogens (tertiary/aromatic N) is 3. The molecule has 0 saturated heterocycles. The molecule has 6 nitrogen and oxygen atoms in total. The van der Waals surface area contributed by atoms with Gasteiger partial charge in [0.05, 0.1) is 22.5 Å². The molecule has 2 aromatic heterocycles. The largest absolute Gasteiger partial charge is 0.336 e. The van der Waals surface area contributed by atoms with Crippen LogP contribution in [0.3, 0.4) is 0 Å². The molecule has 0 spiro atoms. The van der Waals surface area contributed by atoms with Crippen LogP contribution < -0.4 is 4.84 Å². The van der Waals surface area contributed by atoms with Crippen LogP contribution in [0, 0.1) is 13.8 Å². The highest BCUT2D eigenvalue weighted by Gasteiger charge is 2.19. The Labute approximate surface area is 187 Å². The normalized spacial score (nSPS) is 12.8. The first-order valence-electron chi connectivity index (χ1n) is 9.79. The summed E-state index contributed by atoms with van der Waals surface area (Å²) in [7, 11) is -0.465. The molecule has 0 radical (unpaired) electrons. The van der Waals surface area contributed by atoms with E-state index in [1.54, 1.807) is 30.5 Å². The lowest BCUT2D eigenvalue weighted by Gasteiger charge is -2.12. The zero-order chi connectivity index (χ0) is 22.8. The molecule has 0 atom stereocenters. The Morgan fingerprint density at radius 1 is 1.26 bits per heavy atom. The number of halogens is 2. The number of benzene rings is 1. The van der Waals surface area contributed by atoms with Crippen LogP contribution in [0.15, 0.2) is 53.3 Å². The molecule has 166 valence electrons. The van der Waals surface area contributed by atoms with Gasteiger partial charge >= 0.3 is 0 Å². The standard InChI is InChI=1S/C22H26ClFN4O2S/c1-15-11-21-22(25-13-15)20(16(2)28(21)14-18(24)9-10-26-23)12-17-5-7-19(8-6-17)31(29,30)27(3)4/h5-9,11,13,26H,10,12,14H2,1-4H3/b18-9-. The number of aromatic nitrogens is 2. The molecular formula is C22H26ClFN4O2S. The highest BCUT2D eigenvalue weighted by molar-refractivity contribution is 7.89. The summed E-state index contributed by atoms with van der Waals surface area (Å²) in [6.07, 6.45) is 3.76. The minimum absolute atomic E-state index is 0.0893. The van der Waals surface area contributed by atoms with E-state index in [4.69, 9.17) is 11.8 Å². The maximum absolute atomic E-state index is 14.4. The van der Waals surface area contributed by atoms with Crippen molar-refractivity contribution in [2.45, 2.75) is 31.7 Å². The van der Waals surface area contributed by atoms with Crippen LogP contribution in [-0.2, 0) is 23.0 Å². The van der Waals surface area contributed by atoms with Crippen LogP contribution in [0.5, 0.6) is 0 Å². The van der Waals surface area contributed by atoms with Crippen LogP contribution in [-0.4, -0.2) is 42.9 Å². The quantitative estimate of drug-likeness (QED) is 0.510. The van der Waals surface area contributed by atoms with E-state index in [1.165, 1.54) is 24.5 Å². The number of sulfonamides is 1. The van der Waals surface area contributed by atoms with Gasteiger partial charge in [0, 0.05) is 44.5 Å². The first-order valence-corrected chi connectivity index (χ1v) is 11.6. The predicted octanol–water partition coefficient (Wildman–Crippen LogP) is 4.09. The lowest BCUT2D eigenvalue weighted by atomic mass is 10.0. The lowest BCUT2D eigenvalue weighted by molar-refractivity contribution is 0.520. The molecule has 0 bridgehead atoms. The van der Waals surface area contributed by atoms with Crippen LogP contribution in [0.25, 0.3) is 11.0 Å². The van der Waals surface area contributed by atoms with Gasteiger partial charge in [-0.25, -0.2) is 21.9 Å². The Bertz CT molecular complexity index is 1220. The van der Waals surface area contributed by atoms with Gasteiger partial charge in [0.1, 0.15) is 5.83 Å². The monoisotopic (exact) mass is 464 g/mol. The molecule has 1 N–H and O–H groups in total. The third kappa shape index (κ3) is 4.98. The Hall–Kier alpha value is -2.26. The van der Waals surface area contributed by atoms with E-state index in [9.17, 15) is 12.8 Å². The molecule has 0 aliphatic carbocycles. The number of rotatable bonds is 8. The van der Waals surface area contributed by atoms with Gasteiger partial charge in [0.15, 0.2) is 0 Å². The van der Waals surface area contributed by atoms with Crippen molar-refractivity contribution in [3.63, 3.8) is 0 Å². The Morgan fingerprint density at radius 3 is 2.55 bits per heavy atom. The summed E-state index contributed by atoms with van der Waals surface area (Å²) in [6, 6.07) is 8.83. The molecule has 0 amide bonds. The first kappa shape index (κ1) is 23.4. The zero-order valence-electron chi connectivity index (χ0n) is 18.0. The Balaban J connectivity index is 2.00. The van der Waals surface area contributed by atoms with Crippen molar-refractivity contribution in [3.8, 4) is 0 Å². The molecular weight excluding hydrogens is 439 g/mol. The van der Waals surface area contributed by atoms with E-state index < -0.39 is 10.0 Å². The summed E-state index contributed by atoms with van der Waals surface area (Å²) >= 11 is 5.43. The summed E-state index contributed by atoms with van der Waals surface area (Å²) in [6.45, 7) is 4.22. The van der Waals surface area contributed by atoms with Crippen LogP contribution >= 0.6 is 11.8 Å². The van der Waals surface area contributed by atoms with Gasteiger partial charge in [-0.1, -0.05) is 12.1 Å². The molecule has 1 aromatic carbocycles. The predicted molar refractivity (Wildman–Crippen MR) is 122 cm³/mol. The summed E-state index contributed by atoms with van der Waals surface area (Å²) in [5, 5.41) is 0. The number of allylic oxidation sites excluding steroid dienone is 1. The van der Waals surface area contributed by atoms with Gasteiger partial charge in [-0.3, -0.25) is 4.98 Å². The third-order valence-electron chi connectivity index (χ3n) is 5.22. The highest BCUT2D eigenvalue weighted by atomic mass is 35.5. The van der Waals surface area contributed by atoms with Crippen LogP contribution in [0.2, 0.25) is 0 Å². The average molecular weight is 465 g/mol. The van der Waals surface area contributed by atoms with Gasteiger partial charge in [0.25, 0.3) is 0 Å². The molecule has 3 rings (SSSR count). The summed E-state index contributed by atoms with van der Waals surface area (Å²) in [5.74, 6) is -0.292. The minimum atomic E-state index is -3.48. The summed E-state index contributed by atoms with van der Waals surface area (Å²) < 4.78 is 42.1. The molecule has 0 aliphatic heterocycles. The van der Waals surface area contributed by atoms with E-state index in [2.05, 4.69) is 9.82 Å². The number of nitrogens with one attached hydrogen (secondary N) is 1.